The topological polar surface area (TPSA) is 110 Å². The summed E-state index contributed by atoms with van der Waals surface area (Å²) in [6.07, 6.45) is 0.851. The molecule has 1 amide bonds. The van der Waals surface area contributed by atoms with Gasteiger partial charge in [0.05, 0.1) is 16.9 Å². The number of ether oxygens (including phenoxy) is 2. The lowest BCUT2D eigenvalue weighted by molar-refractivity contribution is 0.0517. The van der Waals surface area contributed by atoms with Crippen molar-refractivity contribution in [1.29, 1.82) is 0 Å². The van der Waals surface area contributed by atoms with Crippen LogP contribution in [0, 0.1) is 17.7 Å². The second kappa shape index (κ2) is 7.10. The third-order valence-electron chi connectivity index (χ3n) is 6.57. The van der Waals surface area contributed by atoms with Gasteiger partial charge in [-0.25, -0.2) is 14.0 Å². The number of carboxylic acid groups (broad SMARTS) is 1. The molecule has 2 aliphatic heterocycles. The Bertz CT molecular complexity index is 1240. The van der Waals surface area contributed by atoms with Gasteiger partial charge in [0.1, 0.15) is 23.5 Å². The van der Waals surface area contributed by atoms with Gasteiger partial charge in [0, 0.05) is 37.2 Å². The van der Waals surface area contributed by atoms with E-state index in [0.29, 0.717) is 18.6 Å². The number of pyridine rings is 1. The van der Waals surface area contributed by atoms with Gasteiger partial charge in [-0.05, 0) is 33.8 Å². The van der Waals surface area contributed by atoms with Crippen molar-refractivity contribution in [3.8, 4) is 5.75 Å². The van der Waals surface area contributed by atoms with E-state index >= 15 is 4.39 Å². The quantitative estimate of drug-likeness (QED) is 0.726. The van der Waals surface area contributed by atoms with Crippen LogP contribution in [0.4, 0.5) is 14.9 Å². The van der Waals surface area contributed by atoms with Gasteiger partial charge in [0.25, 0.3) is 0 Å². The molecule has 3 heterocycles. The Hall–Kier alpha value is -3.30. The Balaban J connectivity index is 1.45. The standard InChI is InChI=1S/C23H26FN3O6/c1-10-9-32-20-17-11(19(28)14(21(29)30)8-27(10)17)5-15(24)18(20)26-6-12-13(7-26)16(12)25-22(31)33-23(2,3)4/h5,8,10,12-13,16H,6-7,9H2,1-4H3,(H,25,31)(H,29,30)/t10?,12-,13+,16?. The van der Waals surface area contributed by atoms with Crippen LogP contribution in [-0.4, -0.2) is 53.1 Å². The van der Waals surface area contributed by atoms with Crippen LogP contribution >= 0.6 is 0 Å². The fourth-order valence-corrected chi connectivity index (χ4v) is 5.03. The summed E-state index contributed by atoms with van der Waals surface area (Å²) in [5, 5.41) is 12.3. The molecule has 1 aliphatic carbocycles. The van der Waals surface area contributed by atoms with Crippen LogP contribution in [0.3, 0.4) is 0 Å². The Morgan fingerprint density at radius 3 is 2.55 bits per heavy atom. The smallest absolute Gasteiger partial charge is 0.407 e. The van der Waals surface area contributed by atoms with Gasteiger partial charge in [0.2, 0.25) is 5.43 Å². The fraction of sp³-hybridized carbons (Fsp3) is 0.522. The molecular formula is C23H26FN3O6. The number of carbonyl (C=O) groups is 2. The van der Waals surface area contributed by atoms with E-state index < -0.39 is 34.5 Å². The van der Waals surface area contributed by atoms with Gasteiger partial charge in [-0.1, -0.05) is 0 Å². The monoisotopic (exact) mass is 459 g/mol. The average Bonchev–Trinajstić information content (AvgIpc) is 3.13. The van der Waals surface area contributed by atoms with Crippen molar-refractivity contribution in [3.05, 3.63) is 33.9 Å². The number of hydrogen-bond acceptors (Lipinski definition) is 6. The molecule has 0 bridgehead atoms. The summed E-state index contributed by atoms with van der Waals surface area (Å²) in [4.78, 5) is 38.2. The van der Waals surface area contributed by atoms with Gasteiger partial charge < -0.3 is 29.4 Å². The molecule has 2 N–H and O–H groups in total. The number of carboxylic acids is 1. The minimum absolute atomic E-state index is 0.00785. The number of benzene rings is 1. The van der Waals surface area contributed by atoms with Gasteiger partial charge in [-0.15, -0.1) is 0 Å². The number of fused-ring (bicyclic) bond motifs is 1. The molecule has 1 saturated carbocycles. The largest absolute Gasteiger partial charge is 0.487 e. The van der Waals surface area contributed by atoms with Crippen molar-refractivity contribution in [3.63, 3.8) is 0 Å². The molecule has 10 heteroatoms. The highest BCUT2D eigenvalue weighted by Crippen LogP contribution is 2.50. The van der Waals surface area contributed by atoms with Crippen LogP contribution in [0.5, 0.6) is 5.75 Å². The molecule has 1 aromatic heterocycles. The van der Waals surface area contributed by atoms with E-state index in [1.807, 2.05) is 11.8 Å². The zero-order valence-electron chi connectivity index (χ0n) is 18.8. The molecule has 3 aliphatic rings. The molecule has 0 radical (unpaired) electrons. The van der Waals surface area contributed by atoms with Gasteiger partial charge in [-0.3, -0.25) is 4.79 Å². The number of rotatable bonds is 3. The summed E-state index contributed by atoms with van der Waals surface area (Å²) < 4.78 is 28.2. The number of nitrogens with one attached hydrogen (secondary N) is 1. The Kier molecular flexibility index (Phi) is 4.63. The molecule has 2 unspecified atom stereocenters. The summed E-state index contributed by atoms with van der Waals surface area (Å²) in [5.74, 6) is -1.39. The molecule has 33 heavy (non-hydrogen) atoms. The highest BCUT2D eigenvalue weighted by molar-refractivity contribution is 5.97. The Labute approximate surface area is 189 Å². The van der Waals surface area contributed by atoms with E-state index in [0.717, 1.165) is 6.07 Å². The van der Waals surface area contributed by atoms with E-state index in [1.54, 1.807) is 25.3 Å². The van der Waals surface area contributed by atoms with Gasteiger partial charge >= 0.3 is 12.1 Å². The van der Waals surface area contributed by atoms with E-state index in [4.69, 9.17) is 9.47 Å². The fourth-order valence-electron chi connectivity index (χ4n) is 5.03. The Morgan fingerprint density at radius 1 is 1.27 bits per heavy atom. The number of aromatic nitrogens is 1. The first-order chi connectivity index (χ1) is 15.5. The summed E-state index contributed by atoms with van der Waals surface area (Å²) in [6.45, 7) is 8.53. The molecule has 9 nitrogen and oxygen atoms in total. The highest BCUT2D eigenvalue weighted by atomic mass is 19.1. The summed E-state index contributed by atoms with van der Waals surface area (Å²) in [6, 6.07) is 0.876. The minimum Gasteiger partial charge on any atom is -0.487 e. The van der Waals surface area contributed by atoms with Gasteiger partial charge in [0.15, 0.2) is 11.6 Å². The van der Waals surface area contributed by atoms with Crippen LogP contribution in [0.2, 0.25) is 0 Å². The SMILES string of the molecule is CC1COc2c(N3C[C@@H]4C(NC(=O)OC(C)(C)C)[C@@H]4C3)c(F)cc3c(=O)c(C(=O)O)cn1c23. The molecule has 176 valence electrons. The van der Waals surface area contributed by atoms with Crippen molar-refractivity contribution in [2.24, 2.45) is 11.8 Å². The third kappa shape index (κ3) is 3.48. The van der Waals surface area contributed by atoms with Crippen LogP contribution in [0.1, 0.15) is 44.1 Å². The second-order valence-corrected chi connectivity index (χ2v) is 10.1. The summed E-state index contributed by atoms with van der Waals surface area (Å²) in [7, 11) is 0. The number of anilines is 1. The minimum atomic E-state index is -1.35. The van der Waals surface area contributed by atoms with Crippen molar-refractivity contribution in [2.45, 2.75) is 45.4 Å². The maximum Gasteiger partial charge on any atom is 0.407 e. The summed E-state index contributed by atoms with van der Waals surface area (Å²) >= 11 is 0. The van der Waals surface area contributed by atoms with E-state index in [2.05, 4.69) is 5.32 Å². The highest BCUT2D eigenvalue weighted by Gasteiger charge is 2.57. The van der Waals surface area contributed by atoms with Crippen LogP contribution < -0.4 is 20.4 Å². The average molecular weight is 459 g/mol. The number of alkyl carbamates (subject to hydrolysis) is 1. The summed E-state index contributed by atoms with van der Waals surface area (Å²) in [5.41, 5.74) is -1.03. The number of aromatic carboxylic acids is 1. The Morgan fingerprint density at radius 2 is 1.94 bits per heavy atom. The lowest BCUT2D eigenvalue weighted by Gasteiger charge is -2.32. The van der Waals surface area contributed by atoms with Crippen LogP contribution in [0.15, 0.2) is 17.1 Å². The number of carbonyl (C=O) groups excluding carboxylic acids is 1. The molecule has 1 aromatic carbocycles. The normalized spacial score (nSPS) is 25.4. The number of hydrogen-bond donors (Lipinski definition) is 2. The molecule has 4 atom stereocenters. The van der Waals surface area contributed by atoms with Crippen LogP contribution in [-0.2, 0) is 4.74 Å². The molecule has 1 saturated heterocycles. The molecule has 2 aromatic rings. The maximum atomic E-state index is 15.3. The third-order valence-corrected chi connectivity index (χ3v) is 6.57. The second-order valence-electron chi connectivity index (χ2n) is 10.1. The van der Waals surface area contributed by atoms with Crippen LogP contribution in [0.25, 0.3) is 10.9 Å². The predicted octanol–water partition coefficient (Wildman–Crippen LogP) is 2.75. The lowest BCUT2D eigenvalue weighted by atomic mass is 10.1. The lowest BCUT2D eigenvalue weighted by Crippen LogP contribution is -2.38. The maximum absolute atomic E-state index is 15.3. The zero-order valence-corrected chi connectivity index (χ0v) is 18.8. The van der Waals surface area contributed by atoms with E-state index in [9.17, 15) is 19.5 Å². The van der Waals surface area contributed by atoms with Gasteiger partial charge in [-0.2, -0.15) is 0 Å². The number of nitrogens with zero attached hydrogens (tertiary/aromatic N) is 2. The zero-order chi connectivity index (χ0) is 23.8. The van der Waals surface area contributed by atoms with Crippen molar-refractivity contribution >= 4 is 28.7 Å². The first-order valence-electron chi connectivity index (χ1n) is 11.0. The predicted molar refractivity (Wildman–Crippen MR) is 118 cm³/mol. The van der Waals surface area contributed by atoms with Crippen molar-refractivity contribution in [1.82, 2.24) is 9.88 Å². The molecular weight excluding hydrogens is 433 g/mol. The first kappa shape index (κ1) is 21.5. The number of piperidine rings is 1. The molecule has 5 rings (SSSR count). The van der Waals surface area contributed by atoms with Crippen molar-refractivity contribution in [2.75, 3.05) is 24.6 Å². The molecule has 2 fully saturated rings. The van der Waals surface area contributed by atoms with Crippen molar-refractivity contribution < 1.29 is 28.6 Å². The first-order valence-corrected chi connectivity index (χ1v) is 11.0. The molecule has 0 spiro atoms. The van der Waals surface area contributed by atoms with E-state index in [-0.39, 0.29) is 47.3 Å². The number of halogens is 1. The number of amides is 1. The van der Waals surface area contributed by atoms with E-state index in [1.165, 1.54) is 6.20 Å².